The molecule has 4 aromatic carbocycles. The monoisotopic (exact) mass is 652 g/mol. The van der Waals surface area contributed by atoms with Gasteiger partial charge in [-0.1, -0.05) is 60.7 Å². The molecule has 0 unspecified atom stereocenters. The number of nitrogens with one attached hydrogen (secondary N) is 2. The van der Waals surface area contributed by atoms with E-state index in [9.17, 15) is 0 Å². The van der Waals surface area contributed by atoms with E-state index in [0.29, 0.717) is 24.8 Å². The summed E-state index contributed by atoms with van der Waals surface area (Å²) in [6.07, 6.45) is 0. The predicted molar refractivity (Wildman–Crippen MR) is 191 cm³/mol. The highest BCUT2D eigenvalue weighted by Crippen LogP contribution is 2.34. The molecule has 8 nitrogen and oxygen atoms in total. The zero-order valence-electron chi connectivity index (χ0n) is 24.0. The highest BCUT2D eigenvalue weighted by molar-refractivity contribution is 7.18. The Hall–Kier alpha value is -4.96. The summed E-state index contributed by atoms with van der Waals surface area (Å²) in [7, 11) is 0. The number of halogens is 2. The molecule has 0 saturated heterocycles. The Kier molecular flexibility index (Phi) is 9.63. The van der Waals surface area contributed by atoms with Gasteiger partial charge in [0.15, 0.2) is 0 Å². The molecule has 226 valence electrons. The first-order chi connectivity index (χ1) is 21.1. The van der Waals surface area contributed by atoms with Crippen molar-refractivity contribution >= 4 is 69.9 Å². The van der Waals surface area contributed by atoms with Crippen molar-refractivity contribution < 1.29 is 0 Å². The first-order valence-corrected chi connectivity index (χ1v) is 14.7. The third-order valence-electron chi connectivity index (χ3n) is 7.18. The molecule has 7 rings (SSSR count). The first-order valence-electron chi connectivity index (χ1n) is 13.9. The van der Waals surface area contributed by atoms with Crippen LogP contribution in [0.5, 0.6) is 0 Å². The molecule has 3 aromatic heterocycles. The van der Waals surface area contributed by atoms with Gasteiger partial charge in [0, 0.05) is 11.1 Å². The molecule has 0 aliphatic heterocycles. The van der Waals surface area contributed by atoms with Gasteiger partial charge in [-0.05, 0) is 59.7 Å². The van der Waals surface area contributed by atoms with E-state index < -0.39 is 0 Å². The number of aliphatic imine (C=N–C) groups is 2. The molecule has 3 heterocycles. The lowest BCUT2D eigenvalue weighted by atomic mass is 10.2. The zero-order valence-corrected chi connectivity index (χ0v) is 26.4. The van der Waals surface area contributed by atoms with Crippen molar-refractivity contribution in [3.05, 3.63) is 131 Å². The number of rotatable bonds is 8. The van der Waals surface area contributed by atoms with E-state index in [-0.39, 0.29) is 24.8 Å². The lowest BCUT2D eigenvalue weighted by Gasteiger charge is -2.02. The Labute approximate surface area is 276 Å². The minimum Gasteiger partial charge on any atom is -0.383 e. The summed E-state index contributed by atoms with van der Waals surface area (Å²) in [5, 5.41) is 0. The van der Waals surface area contributed by atoms with Gasteiger partial charge >= 0.3 is 0 Å². The van der Waals surface area contributed by atoms with E-state index in [2.05, 4.69) is 32.1 Å². The number of thiophene rings is 1. The Morgan fingerprint density at radius 1 is 0.578 bits per heavy atom. The molecule has 0 atom stereocenters. The Bertz CT molecular complexity index is 1960. The fourth-order valence-corrected chi connectivity index (χ4v) is 5.76. The molecule has 0 bridgehead atoms. The van der Waals surface area contributed by atoms with E-state index in [0.717, 1.165) is 65.7 Å². The Balaban J connectivity index is 0.00000200. The molecule has 0 spiro atoms. The van der Waals surface area contributed by atoms with Crippen LogP contribution in [0.3, 0.4) is 0 Å². The molecule has 0 saturated carbocycles. The van der Waals surface area contributed by atoms with Crippen LogP contribution in [0, 0.1) is 0 Å². The number of imidazole rings is 2. The number of fused-ring (bicyclic) bond motifs is 2. The summed E-state index contributed by atoms with van der Waals surface area (Å²) in [4.78, 5) is 27.7. The molecular formula is C34H30Cl2N8S. The van der Waals surface area contributed by atoms with E-state index >= 15 is 0 Å². The van der Waals surface area contributed by atoms with Crippen LogP contribution in [-0.2, 0) is 13.1 Å². The van der Waals surface area contributed by atoms with Gasteiger partial charge in [0.2, 0.25) is 0 Å². The topological polar surface area (TPSA) is 134 Å². The molecule has 0 aliphatic carbocycles. The van der Waals surface area contributed by atoms with Crippen molar-refractivity contribution in [1.82, 2.24) is 19.9 Å². The summed E-state index contributed by atoms with van der Waals surface area (Å²) in [6.45, 7) is 1.07. The van der Waals surface area contributed by atoms with Gasteiger partial charge in [0.05, 0.1) is 44.9 Å². The maximum absolute atomic E-state index is 6.31. The van der Waals surface area contributed by atoms with Gasteiger partial charge in [-0.2, -0.15) is 0 Å². The second kappa shape index (κ2) is 13.8. The summed E-state index contributed by atoms with van der Waals surface area (Å²) < 4.78 is 0. The van der Waals surface area contributed by atoms with Crippen molar-refractivity contribution in [2.45, 2.75) is 13.1 Å². The van der Waals surface area contributed by atoms with Crippen LogP contribution < -0.4 is 11.5 Å². The standard InChI is InChI=1S/C34H28N8S.2ClH/c35-31(37-19-21-7-3-1-4-8-21)23-11-13-25-27(17-23)41-33(39-25)29-15-16-30(43-29)34-40-26-14-12-24(18-28(26)42-34)32(36)38-20-22-9-5-2-6-10-22;;/h1-18H,19-20H2,(H2,35,37)(H2,36,38)(H,39,41)(H,40,42);2*1H. The third kappa shape index (κ3) is 6.91. The van der Waals surface area contributed by atoms with Gasteiger partial charge in [-0.25, -0.2) is 9.97 Å². The fraction of sp³-hybridized carbons (Fsp3) is 0.0588. The molecule has 11 heteroatoms. The van der Waals surface area contributed by atoms with Crippen molar-refractivity contribution in [2.24, 2.45) is 21.5 Å². The summed E-state index contributed by atoms with van der Waals surface area (Å²) >= 11 is 1.62. The second-order valence-electron chi connectivity index (χ2n) is 10.2. The van der Waals surface area contributed by atoms with Gasteiger partial charge in [0.1, 0.15) is 23.3 Å². The lowest BCUT2D eigenvalue weighted by molar-refractivity contribution is 1.06. The maximum atomic E-state index is 6.31. The molecule has 7 aromatic rings. The molecular weight excluding hydrogens is 623 g/mol. The van der Waals surface area contributed by atoms with Crippen LogP contribution >= 0.6 is 36.2 Å². The molecule has 0 aliphatic rings. The summed E-state index contributed by atoms with van der Waals surface area (Å²) in [6, 6.07) is 36.1. The predicted octanol–water partition coefficient (Wildman–Crippen LogP) is 7.49. The average Bonchev–Trinajstić information content (AvgIpc) is 3.81. The quantitative estimate of drug-likeness (QED) is 0.0999. The molecule has 6 N–H and O–H groups in total. The van der Waals surface area contributed by atoms with Gasteiger partial charge in [-0.3, -0.25) is 9.98 Å². The third-order valence-corrected chi connectivity index (χ3v) is 8.28. The van der Waals surface area contributed by atoms with E-state index in [1.165, 1.54) is 0 Å². The van der Waals surface area contributed by atoms with E-state index in [1.807, 2.05) is 97.1 Å². The van der Waals surface area contributed by atoms with Crippen LogP contribution in [0.25, 0.3) is 43.5 Å². The smallest absolute Gasteiger partial charge is 0.148 e. The van der Waals surface area contributed by atoms with E-state index in [1.54, 1.807) is 11.3 Å². The number of aromatic nitrogens is 4. The molecule has 0 fully saturated rings. The summed E-state index contributed by atoms with van der Waals surface area (Å²) in [5.41, 5.74) is 20.1. The Morgan fingerprint density at radius 3 is 1.42 bits per heavy atom. The highest BCUT2D eigenvalue weighted by Gasteiger charge is 2.14. The van der Waals surface area contributed by atoms with Gasteiger partial charge < -0.3 is 21.4 Å². The molecule has 0 amide bonds. The number of nitrogens with zero attached hydrogens (tertiary/aromatic N) is 4. The van der Waals surface area contributed by atoms with Crippen molar-refractivity contribution in [1.29, 1.82) is 0 Å². The van der Waals surface area contributed by atoms with Crippen molar-refractivity contribution in [2.75, 3.05) is 0 Å². The lowest BCUT2D eigenvalue weighted by Crippen LogP contribution is -2.13. The fourth-order valence-electron chi connectivity index (χ4n) is 4.87. The van der Waals surface area contributed by atoms with Crippen molar-refractivity contribution in [3.8, 4) is 21.4 Å². The average molecular weight is 654 g/mol. The van der Waals surface area contributed by atoms with Crippen LogP contribution in [-0.4, -0.2) is 31.6 Å². The number of hydrogen-bond donors (Lipinski definition) is 4. The molecule has 45 heavy (non-hydrogen) atoms. The summed E-state index contributed by atoms with van der Waals surface area (Å²) in [5.74, 6) is 2.59. The largest absolute Gasteiger partial charge is 0.383 e. The maximum Gasteiger partial charge on any atom is 0.148 e. The number of H-pyrrole nitrogens is 2. The van der Waals surface area contributed by atoms with E-state index in [4.69, 9.17) is 21.4 Å². The highest BCUT2D eigenvalue weighted by atomic mass is 35.5. The van der Waals surface area contributed by atoms with Crippen LogP contribution in [0.4, 0.5) is 0 Å². The first kappa shape index (κ1) is 31.5. The minimum absolute atomic E-state index is 0. The number of hydrogen-bond acceptors (Lipinski definition) is 5. The number of aromatic amines is 2. The van der Waals surface area contributed by atoms with Crippen molar-refractivity contribution in [3.63, 3.8) is 0 Å². The number of benzene rings is 4. The van der Waals surface area contributed by atoms with Gasteiger partial charge in [0.25, 0.3) is 0 Å². The van der Waals surface area contributed by atoms with Gasteiger partial charge in [-0.15, -0.1) is 36.2 Å². The zero-order chi connectivity index (χ0) is 29.2. The Morgan fingerprint density at radius 2 is 1.00 bits per heavy atom. The SMILES string of the molecule is Cl.Cl.NC(=NCc1ccccc1)c1ccc2nc(-c3ccc(-c4nc5ccc(C(N)=NCc6ccccc6)cc5[nH]4)s3)[nH]c2c1. The van der Waals surface area contributed by atoms with Crippen LogP contribution in [0.1, 0.15) is 22.3 Å². The minimum atomic E-state index is 0. The second-order valence-corrected chi connectivity index (χ2v) is 11.3. The number of nitrogens with two attached hydrogens (primary N) is 2. The molecule has 0 radical (unpaired) electrons. The normalized spacial score (nSPS) is 11.8. The number of amidine groups is 2. The van der Waals surface area contributed by atoms with Crippen LogP contribution in [0.15, 0.2) is 119 Å². The van der Waals surface area contributed by atoms with Crippen LogP contribution in [0.2, 0.25) is 0 Å².